The fourth-order valence-corrected chi connectivity index (χ4v) is 4.14. The van der Waals surface area contributed by atoms with Crippen LogP contribution >= 0.6 is 0 Å². The Morgan fingerprint density at radius 3 is 1.93 bits per heavy atom. The summed E-state index contributed by atoms with van der Waals surface area (Å²) in [6.45, 7) is 12.8. The molecule has 0 N–H and O–H groups in total. The molecule has 0 unspecified atom stereocenters. The molecule has 1 aliphatic carbocycles. The first-order chi connectivity index (χ1) is 14.2. The molecule has 162 valence electrons. The van der Waals surface area contributed by atoms with E-state index >= 15 is 0 Å². The first-order valence-corrected chi connectivity index (χ1v) is 11.4. The van der Waals surface area contributed by atoms with Gasteiger partial charge in [-0.25, -0.2) is 0 Å². The van der Waals surface area contributed by atoms with Crippen LogP contribution in [0.15, 0.2) is 54.6 Å². The average Bonchev–Trinajstić information content (AvgIpc) is 2.84. The third kappa shape index (κ3) is 5.83. The molecule has 0 aromatic heterocycles. The van der Waals surface area contributed by atoms with Crippen LogP contribution in [0.2, 0.25) is 0 Å². The van der Waals surface area contributed by atoms with Gasteiger partial charge in [-0.2, -0.15) is 0 Å². The molecule has 0 fully saturated rings. The maximum absolute atomic E-state index is 5.97. The Morgan fingerprint density at radius 1 is 0.867 bits per heavy atom. The van der Waals surface area contributed by atoms with Gasteiger partial charge in [-0.3, -0.25) is 0 Å². The molecule has 0 saturated heterocycles. The summed E-state index contributed by atoms with van der Waals surface area (Å²) < 4.78 is 5.97. The van der Waals surface area contributed by atoms with E-state index in [0.717, 1.165) is 38.8 Å². The molecule has 0 atom stereocenters. The Kier molecular flexibility index (Phi) is 7.21. The summed E-state index contributed by atoms with van der Waals surface area (Å²) in [6.07, 6.45) is 6.76. The lowest BCUT2D eigenvalue weighted by atomic mass is 9.93. The standard InChI is InChI=1S/C28H39NO/c1-27(2,3)30-21-19-28(4,5)29(6)20-11-16-26-24-14-9-7-12-22(24)17-18-23-13-8-10-15-25(23)26/h7-10,12-16H,11,17-21H2,1-6H3. The molecule has 3 rings (SSSR count). The Bertz CT molecular complexity index is 823. The van der Waals surface area contributed by atoms with Crippen molar-refractivity contribution in [2.24, 2.45) is 0 Å². The monoisotopic (exact) mass is 405 g/mol. The Balaban J connectivity index is 1.73. The molecule has 0 radical (unpaired) electrons. The van der Waals surface area contributed by atoms with E-state index in [1.54, 1.807) is 0 Å². The molecule has 2 nitrogen and oxygen atoms in total. The van der Waals surface area contributed by atoms with Gasteiger partial charge in [-0.05, 0) is 95.2 Å². The van der Waals surface area contributed by atoms with Gasteiger partial charge < -0.3 is 9.64 Å². The summed E-state index contributed by atoms with van der Waals surface area (Å²) in [5, 5.41) is 0. The molecule has 0 amide bonds. The SMILES string of the molecule is CN(CCC=C1c2ccccc2CCc2ccccc21)C(C)(C)CCOC(C)(C)C. The van der Waals surface area contributed by atoms with Gasteiger partial charge in [-0.1, -0.05) is 54.6 Å². The highest BCUT2D eigenvalue weighted by Gasteiger charge is 2.24. The van der Waals surface area contributed by atoms with Crippen LogP contribution in [-0.4, -0.2) is 36.2 Å². The van der Waals surface area contributed by atoms with Crippen LogP contribution in [0, 0.1) is 0 Å². The van der Waals surface area contributed by atoms with Crippen LogP contribution in [0.4, 0.5) is 0 Å². The lowest BCUT2D eigenvalue weighted by molar-refractivity contribution is -0.0213. The Labute approximate surface area is 184 Å². The molecule has 2 aromatic carbocycles. The van der Waals surface area contributed by atoms with Crippen molar-refractivity contribution in [1.82, 2.24) is 4.90 Å². The smallest absolute Gasteiger partial charge is 0.0598 e. The molecule has 0 spiro atoms. The summed E-state index contributed by atoms with van der Waals surface area (Å²) in [6, 6.07) is 17.8. The van der Waals surface area contributed by atoms with Crippen molar-refractivity contribution in [2.75, 3.05) is 20.2 Å². The lowest BCUT2D eigenvalue weighted by Gasteiger charge is -2.36. The summed E-state index contributed by atoms with van der Waals surface area (Å²) in [5.41, 5.74) is 7.19. The minimum absolute atomic E-state index is 0.0701. The van der Waals surface area contributed by atoms with E-state index in [-0.39, 0.29) is 11.1 Å². The molecule has 0 heterocycles. The molecule has 0 saturated carbocycles. The summed E-state index contributed by atoms with van der Waals surface area (Å²) in [7, 11) is 2.24. The molecule has 30 heavy (non-hydrogen) atoms. The third-order valence-electron chi connectivity index (χ3n) is 6.37. The molecule has 2 aromatic rings. The van der Waals surface area contributed by atoms with Gasteiger partial charge >= 0.3 is 0 Å². The second-order valence-electron chi connectivity index (χ2n) is 10.2. The molecular formula is C28H39NO. The zero-order valence-corrected chi connectivity index (χ0v) is 19.8. The van der Waals surface area contributed by atoms with Crippen LogP contribution in [-0.2, 0) is 17.6 Å². The first-order valence-electron chi connectivity index (χ1n) is 11.4. The maximum Gasteiger partial charge on any atom is 0.0598 e. The highest BCUT2D eigenvalue weighted by atomic mass is 16.5. The highest BCUT2D eigenvalue weighted by Crippen LogP contribution is 2.33. The van der Waals surface area contributed by atoms with Crippen molar-refractivity contribution in [3.63, 3.8) is 0 Å². The predicted molar refractivity (Wildman–Crippen MR) is 129 cm³/mol. The normalized spacial score (nSPS) is 14.3. The molecule has 0 bridgehead atoms. The van der Waals surface area contributed by atoms with Gasteiger partial charge in [0.1, 0.15) is 0 Å². The van der Waals surface area contributed by atoms with E-state index in [1.807, 2.05) is 0 Å². The number of ether oxygens (including phenoxy) is 1. The van der Waals surface area contributed by atoms with Crippen LogP contribution < -0.4 is 0 Å². The zero-order chi connectivity index (χ0) is 21.8. The average molecular weight is 406 g/mol. The van der Waals surface area contributed by atoms with Crippen molar-refractivity contribution >= 4 is 5.57 Å². The van der Waals surface area contributed by atoms with Crippen molar-refractivity contribution in [1.29, 1.82) is 0 Å². The van der Waals surface area contributed by atoms with Crippen LogP contribution in [0.1, 0.15) is 69.7 Å². The van der Waals surface area contributed by atoms with E-state index in [1.165, 1.54) is 27.8 Å². The summed E-state index contributed by atoms with van der Waals surface area (Å²) in [4.78, 5) is 2.48. The fourth-order valence-electron chi connectivity index (χ4n) is 4.14. The van der Waals surface area contributed by atoms with E-state index in [9.17, 15) is 0 Å². The predicted octanol–water partition coefficient (Wildman–Crippen LogP) is 6.52. The van der Waals surface area contributed by atoms with E-state index in [4.69, 9.17) is 4.74 Å². The largest absolute Gasteiger partial charge is 0.376 e. The van der Waals surface area contributed by atoms with Crippen LogP contribution in [0.5, 0.6) is 0 Å². The number of rotatable bonds is 7. The lowest BCUT2D eigenvalue weighted by Crippen LogP contribution is -2.43. The van der Waals surface area contributed by atoms with Crippen LogP contribution in [0.25, 0.3) is 5.57 Å². The number of aryl methyl sites for hydroxylation is 2. The van der Waals surface area contributed by atoms with Crippen molar-refractivity contribution in [2.45, 2.75) is 71.4 Å². The number of nitrogens with zero attached hydrogens (tertiary/aromatic N) is 1. The number of benzene rings is 2. The summed E-state index contributed by atoms with van der Waals surface area (Å²) >= 11 is 0. The van der Waals surface area contributed by atoms with Gasteiger partial charge in [0.2, 0.25) is 0 Å². The van der Waals surface area contributed by atoms with Crippen molar-refractivity contribution in [3.05, 3.63) is 76.9 Å². The van der Waals surface area contributed by atoms with Gasteiger partial charge in [-0.15, -0.1) is 0 Å². The van der Waals surface area contributed by atoms with E-state index < -0.39 is 0 Å². The molecule has 2 heteroatoms. The number of hydrogen-bond donors (Lipinski definition) is 0. The minimum Gasteiger partial charge on any atom is -0.376 e. The molecule has 1 aliphatic rings. The third-order valence-corrected chi connectivity index (χ3v) is 6.37. The second-order valence-corrected chi connectivity index (χ2v) is 10.2. The van der Waals surface area contributed by atoms with Crippen molar-refractivity contribution < 1.29 is 4.74 Å². The minimum atomic E-state index is -0.0701. The van der Waals surface area contributed by atoms with E-state index in [0.29, 0.717) is 0 Å². The highest BCUT2D eigenvalue weighted by molar-refractivity contribution is 5.83. The van der Waals surface area contributed by atoms with E-state index in [2.05, 4.69) is 101 Å². The first kappa shape index (κ1) is 22.8. The number of fused-ring (bicyclic) bond motifs is 2. The second kappa shape index (κ2) is 9.49. The molecular weight excluding hydrogens is 366 g/mol. The Morgan fingerprint density at radius 2 is 1.40 bits per heavy atom. The molecule has 0 aliphatic heterocycles. The van der Waals surface area contributed by atoms with Gasteiger partial charge in [0.25, 0.3) is 0 Å². The van der Waals surface area contributed by atoms with Crippen LogP contribution in [0.3, 0.4) is 0 Å². The summed E-state index contributed by atoms with van der Waals surface area (Å²) in [5.74, 6) is 0. The van der Waals surface area contributed by atoms with Crippen molar-refractivity contribution in [3.8, 4) is 0 Å². The fraction of sp³-hybridized carbons (Fsp3) is 0.500. The quantitative estimate of drug-likeness (QED) is 0.520. The van der Waals surface area contributed by atoms with Gasteiger partial charge in [0.15, 0.2) is 0 Å². The Hall–Kier alpha value is -1.90. The topological polar surface area (TPSA) is 12.5 Å². The van der Waals surface area contributed by atoms with Gasteiger partial charge in [0, 0.05) is 18.7 Å². The maximum atomic E-state index is 5.97. The number of hydrogen-bond acceptors (Lipinski definition) is 2. The zero-order valence-electron chi connectivity index (χ0n) is 19.8. The van der Waals surface area contributed by atoms with Gasteiger partial charge in [0.05, 0.1) is 5.60 Å².